The fourth-order valence-corrected chi connectivity index (χ4v) is 2.40. The lowest BCUT2D eigenvalue weighted by Crippen LogP contribution is -2.43. The molecule has 1 fully saturated rings. The molecule has 1 atom stereocenters. The number of carbonyl (C=O) groups is 1. The highest BCUT2D eigenvalue weighted by Gasteiger charge is 2.22. The van der Waals surface area contributed by atoms with Crippen LogP contribution in [0.5, 0.6) is 0 Å². The maximum Gasteiger partial charge on any atom is 0.345 e. The zero-order valence-corrected chi connectivity index (χ0v) is 13.3. The summed E-state index contributed by atoms with van der Waals surface area (Å²) in [5, 5.41) is 14.2. The van der Waals surface area contributed by atoms with Crippen molar-refractivity contribution in [1.82, 2.24) is 4.90 Å². The summed E-state index contributed by atoms with van der Waals surface area (Å²) in [4.78, 5) is 24.5. The predicted molar refractivity (Wildman–Crippen MR) is 84.8 cm³/mol. The molecule has 1 unspecified atom stereocenters. The maximum atomic E-state index is 11.9. The van der Waals surface area contributed by atoms with E-state index in [1.807, 2.05) is 7.05 Å². The van der Waals surface area contributed by atoms with Crippen molar-refractivity contribution >= 4 is 17.3 Å². The van der Waals surface area contributed by atoms with Crippen LogP contribution in [0, 0.1) is 10.1 Å². The van der Waals surface area contributed by atoms with Gasteiger partial charge in [-0.2, -0.15) is 0 Å². The molecule has 1 aromatic rings. The minimum atomic E-state index is -0.698. The van der Waals surface area contributed by atoms with Crippen LogP contribution in [0.25, 0.3) is 0 Å². The van der Waals surface area contributed by atoms with Crippen LogP contribution in [0.4, 0.5) is 11.4 Å². The molecule has 0 saturated carbocycles. The van der Waals surface area contributed by atoms with E-state index < -0.39 is 10.9 Å². The Morgan fingerprint density at radius 3 is 3.00 bits per heavy atom. The van der Waals surface area contributed by atoms with Crippen LogP contribution in [0.15, 0.2) is 18.2 Å². The van der Waals surface area contributed by atoms with Crippen LogP contribution < -0.4 is 5.32 Å². The number of anilines is 1. The molecule has 126 valence electrons. The minimum absolute atomic E-state index is 0.0370. The van der Waals surface area contributed by atoms with E-state index in [0.29, 0.717) is 18.8 Å². The molecule has 23 heavy (non-hydrogen) atoms. The van der Waals surface area contributed by atoms with Gasteiger partial charge in [0.2, 0.25) is 0 Å². The highest BCUT2D eigenvalue weighted by molar-refractivity contribution is 5.95. The molecule has 0 spiro atoms. The summed E-state index contributed by atoms with van der Waals surface area (Å²) in [5.41, 5.74) is 0.307. The number of ether oxygens (including phenoxy) is 2. The summed E-state index contributed by atoms with van der Waals surface area (Å²) in [6.45, 7) is 4.77. The van der Waals surface area contributed by atoms with Crippen molar-refractivity contribution in [2.75, 3.05) is 45.2 Å². The van der Waals surface area contributed by atoms with Gasteiger partial charge in [-0.3, -0.25) is 10.1 Å². The average molecular weight is 323 g/mol. The first-order valence-corrected chi connectivity index (χ1v) is 7.50. The predicted octanol–water partition coefficient (Wildman–Crippen LogP) is 1.51. The SMILES string of the molecule is CCOC(=O)c1cc(NCC2CN(C)CCO2)ccc1[N+](=O)[O-]. The first-order chi connectivity index (χ1) is 11.0. The Morgan fingerprint density at radius 2 is 2.35 bits per heavy atom. The minimum Gasteiger partial charge on any atom is -0.462 e. The number of hydrogen-bond donors (Lipinski definition) is 1. The summed E-state index contributed by atoms with van der Waals surface area (Å²) in [6, 6.07) is 4.33. The van der Waals surface area contributed by atoms with Gasteiger partial charge in [0.05, 0.1) is 24.2 Å². The van der Waals surface area contributed by atoms with Gasteiger partial charge in [0, 0.05) is 31.4 Å². The third-order valence-electron chi connectivity index (χ3n) is 3.56. The van der Waals surface area contributed by atoms with Gasteiger partial charge in [-0.15, -0.1) is 0 Å². The number of benzene rings is 1. The second-order valence-corrected chi connectivity index (χ2v) is 5.35. The van der Waals surface area contributed by atoms with Crippen LogP contribution in [0.3, 0.4) is 0 Å². The summed E-state index contributed by atoms with van der Waals surface area (Å²) < 4.78 is 10.5. The number of nitrogens with zero attached hydrogens (tertiary/aromatic N) is 2. The van der Waals surface area contributed by atoms with Crippen LogP contribution in [0.1, 0.15) is 17.3 Å². The zero-order valence-electron chi connectivity index (χ0n) is 13.3. The van der Waals surface area contributed by atoms with Crippen molar-refractivity contribution in [3.8, 4) is 0 Å². The second-order valence-electron chi connectivity index (χ2n) is 5.35. The number of hydrogen-bond acceptors (Lipinski definition) is 7. The standard InChI is InChI=1S/C15H21N3O5/c1-3-22-15(19)13-8-11(4-5-14(13)18(20)21)16-9-12-10-17(2)6-7-23-12/h4-5,8,12,16H,3,6-7,9-10H2,1-2H3. The molecule has 0 aromatic heterocycles. The Kier molecular flexibility index (Phi) is 5.89. The molecule has 0 amide bonds. The van der Waals surface area contributed by atoms with Crippen molar-refractivity contribution in [3.05, 3.63) is 33.9 Å². The summed E-state index contributed by atoms with van der Waals surface area (Å²) >= 11 is 0. The Bertz CT molecular complexity index is 578. The van der Waals surface area contributed by atoms with Crippen LogP contribution in [-0.4, -0.2) is 61.8 Å². The van der Waals surface area contributed by atoms with E-state index >= 15 is 0 Å². The topological polar surface area (TPSA) is 93.9 Å². The molecule has 2 rings (SSSR count). The molecule has 1 aromatic carbocycles. The van der Waals surface area contributed by atoms with Crippen LogP contribution in [-0.2, 0) is 9.47 Å². The number of nitro benzene ring substituents is 1. The third-order valence-corrected chi connectivity index (χ3v) is 3.56. The number of likely N-dealkylation sites (N-methyl/N-ethyl adjacent to an activating group) is 1. The Balaban J connectivity index is 2.08. The molecule has 8 heteroatoms. The van der Waals surface area contributed by atoms with Crippen molar-refractivity contribution in [3.63, 3.8) is 0 Å². The number of nitrogens with one attached hydrogen (secondary N) is 1. The highest BCUT2D eigenvalue weighted by Crippen LogP contribution is 2.23. The molecular weight excluding hydrogens is 302 g/mol. The van der Waals surface area contributed by atoms with Gasteiger partial charge in [0.25, 0.3) is 5.69 Å². The monoisotopic (exact) mass is 323 g/mol. The molecule has 0 bridgehead atoms. The lowest BCUT2D eigenvalue weighted by Gasteiger charge is -2.30. The largest absolute Gasteiger partial charge is 0.462 e. The lowest BCUT2D eigenvalue weighted by atomic mass is 10.1. The highest BCUT2D eigenvalue weighted by atomic mass is 16.6. The molecule has 1 saturated heterocycles. The van der Waals surface area contributed by atoms with Crippen molar-refractivity contribution in [2.45, 2.75) is 13.0 Å². The van der Waals surface area contributed by atoms with E-state index in [-0.39, 0.29) is 24.0 Å². The molecule has 0 aliphatic carbocycles. The van der Waals surface area contributed by atoms with E-state index in [0.717, 1.165) is 13.1 Å². The fourth-order valence-electron chi connectivity index (χ4n) is 2.40. The Labute approximate surface area is 134 Å². The van der Waals surface area contributed by atoms with Gasteiger partial charge in [-0.05, 0) is 26.1 Å². The molecule has 1 heterocycles. The van der Waals surface area contributed by atoms with Gasteiger partial charge in [-0.25, -0.2) is 4.79 Å². The van der Waals surface area contributed by atoms with Crippen LogP contribution in [0.2, 0.25) is 0 Å². The van der Waals surface area contributed by atoms with Crippen molar-refractivity contribution < 1.29 is 19.2 Å². The average Bonchev–Trinajstić information content (AvgIpc) is 2.53. The number of carbonyl (C=O) groups excluding carboxylic acids is 1. The summed E-state index contributed by atoms with van der Waals surface area (Å²) in [7, 11) is 2.03. The third kappa shape index (κ3) is 4.64. The van der Waals surface area contributed by atoms with Gasteiger partial charge in [0.15, 0.2) is 0 Å². The molecular formula is C15H21N3O5. The normalized spacial score (nSPS) is 18.4. The maximum absolute atomic E-state index is 11.9. The summed E-state index contributed by atoms with van der Waals surface area (Å²) in [6.07, 6.45) is 0.0370. The Hall–Kier alpha value is -2.19. The second kappa shape index (κ2) is 7.89. The van der Waals surface area contributed by atoms with Crippen molar-refractivity contribution in [1.29, 1.82) is 0 Å². The van der Waals surface area contributed by atoms with E-state index in [1.54, 1.807) is 13.0 Å². The number of rotatable bonds is 6. The van der Waals surface area contributed by atoms with Crippen molar-refractivity contribution in [2.24, 2.45) is 0 Å². The summed E-state index contributed by atoms with van der Waals surface area (Å²) in [5.74, 6) is -0.698. The number of morpholine rings is 1. The van der Waals surface area contributed by atoms with Gasteiger partial charge < -0.3 is 19.7 Å². The Morgan fingerprint density at radius 1 is 1.57 bits per heavy atom. The fraction of sp³-hybridized carbons (Fsp3) is 0.533. The number of nitro groups is 1. The molecule has 8 nitrogen and oxygen atoms in total. The molecule has 1 aliphatic heterocycles. The van der Waals surface area contributed by atoms with Gasteiger partial charge in [-0.1, -0.05) is 0 Å². The molecule has 1 N–H and O–H groups in total. The van der Waals surface area contributed by atoms with Gasteiger partial charge >= 0.3 is 5.97 Å². The lowest BCUT2D eigenvalue weighted by molar-refractivity contribution is -0.385. The van der Waals surface area contributed by atoms with E-state index in [4.69, 9.17) is 9.47 Å². The van der Waals surface area contributed by atoms with Gasteiger partial charge in [0.1, 0.15) is 5.56 Å². The van der Waals surface area contributed by atoms with E-state index in [2.05, 4.69) is 10.2 Å². The zero-order chi connectivity index (χ0) is 16.8. The molecule has 0 radical (unpaired) electrons. The quantitative estimate of drug-likeness (QED) is 0.482. The van der Waals surface area contributed by atoms with Crippen LogP contribution >= 0.6 is 0 Å². The van der Waals surface area contributed by atoms with E-state index in [9.17, 15) is 14.9 Å². The number of esters is 1. The van der Waals surface area contributed by atoms with E-state index in [1.165, 1.54) is 12.1 Å². The molecule has 1 aliphatic rings. The smallest absolute Gasteiger partial charge is 0.345 e. The first kappa shape index (κ1) is 17.2. The first-order valence-electron chi connectivity index (χ1n) is 7.50.